The van der Waals surface area contributed by atoms with Crippen molar-refractivity contribution >= 4 is 0 Å². The van der Waals surface area contributed by atoms with Gasteiger partial charge in [0.15, 0.2) is 5.82 Å². The van der Waals surface area contributed by atoms with Crippen LogP contribution in [0, 0.1) is 6.92 Å². The molecule has 0 atom stereocenters. The average Bonchev–Trinajstić information content (AvgIpc) is 2.96. The van der Waals surface area contributed by atoms with E-state index in [-0.39, 0.29) is 0 Å². The molecule has 1 aromatic heterocycles. The number of piperazine rings is 1. The molecular formula is C17H24N4O. The second-order valence-electron chi connectivity index (χ2n) is 6.10. The zero-order chi connectivity index (χ0) is 15.4. The first kappa shape index (κ1) is 15.2. The molecular weight excluding hydrogens is 276 g/mol. The lowest BCUT2D eigenvalue weighted by Gasteiger charge is -2.32. The molecule has 5 heteroatoms. The van der Waals surface area contributed by atoms with Crippen molar-refractivity contribution in [3.8, 4) is 11.5 Å². The van der Waals surface area contributed by atoms with E-state index in [4.69, 9.17) is 4.52 Å². The van der Waals surface area contributed by atoms with Crippen molar-refractivity contribution < 1.29 is 4.52 Å². The number of nitrogens with zero attached hydrogens (tertiary/aromatic N) is 4. The Morgan fingerprint density at radius 2 is 2.00 bits per heavy atom. The van der Waals surface area contributed by atoms with Gasteiger partial charge in [-0.25, -0.2) is 0 Å². The molecule has 3 rings (SSSR count). The fourth-order valence-electron chi connectivity index (χ4n) is 2.85. The Kier molecular flexibility index (Phi) is 4.85. The van der Waals surface area contributed by atoms with E-state index in [2.05, 4.69) is 45.2 Å². The summed E-state index contributed by atoms with van der Waals surface area (Å²) in [6.07, 6.45) is 2.28. The van der Waals surface area contributed by atoms with Gasteiger partial charge >= 0.3 is 0 Å². The minimum Gasteiger partial charge on any atom is -0.334 e. The SMILES string of the molecule is Cc1noc(-c2cccc(CCCN3CCN(C)CC3)c2)n1. The molecule has 1 aromatic carbocycles. The molecule has 1 aliphatic heterocycles. The molecule has 1 saturated heterocycles. The number of aromatic nitrogens is 2. The first-order valence-corrected chi connectivity index (χ1v) is 8.01. The summed E-state index contributed by atoms with van der Waals surface area (Å²) in [4.78, 5) is 9.25. The Morgan fingerprint density at radius 1 is 1.18 bits per heavy atom. The highest BCUT2D eigenvalue weighted by atomic mass is 16.5. The number of rotatable bonds is 5. The van der Waals surface area contributed by atoms with E-state index in [1.807, 2.05) is 13.0 Å². The maximum absolute atomic E-state index is 5.24. The van der Waals surface area contributed by atoms with Gasteiger partial charge in [0, 0.05) is 31.7 Å². The summed E-state index contributed by atoms with van der Waals surface area (Å²) in [6, 6.07) is 8.44. The van der Waals surface area contributed by atoms with Gasteiger partial charge in [-0.3, -0.25) is 0 Å². The monoisotopic (exact) mass is 300 g/mol. The van der Waals surface area contributed by atoms with Crippen molar-refractivity contribution in [3.05, 3.63) is 35.7 Å². The van der Waals surface area contributed by atoms with Gasteiger partial charge in [0.1, 0.15) is 0 Å². The topological polar surface area (TPSA) is 45.4 Å². The lowest BCUT2D eigenvalue weighted by molar-refractivity contribution is 0.153. The quantitative estimate of drug-likeness (QED) is 0.847. The smallest absolute Gasteiger partial charge is 0.257 e. The summed E-state index contributed by atoms with van der Waals surface area (Å²) >= 11 is 0. The lowest BCUT2D eigenvalue weighted by Crippen LogP contribution is -2.44. The predicted molar refractivity (Wildman–Crippen MR) is 86.7 cm³/mol. The third kappa shape index (κ3) is 3.93. The van der Waals surface area contributed by atoms with Crippen LogP contribution in [-0.4, -0.2) is 59.7 Å². The summed E-state index contributed by atoms with van der Waals surface area (Å²) in [5.41, 5.74) is 2.35. The number of likely N-dealkylation sites (N-methyl/N-ethyl adjacent to an activating group) is 1. The van der Waals surface area contributed by atoms with Gasteiger partial charge in [-0.15, -0.1) is 0 Å². The maximum atomic E-state index is 5.24. The molecule has 2 aromatic rings. The Labute approximate surface area is 131 Å². The summed E-state index contributed by atoms with van der Waals surface area (Å²) in [5, 5.41) is 3.86. The van der Waals surface area contributed by atoms with Gasteiger partial charge in [-0.05, 0) is 51.1 Å². The van der Waals surface area contributed by atoms with E-state index >= 15 is 0 Å². The van der Waals surface area contributed by atoms with Crippen LogP contribution in [0.25, 0.3) is 11.5 Å². The molecule has 2 heterocycles. The molecule has 5 nitrogen and oxygen atoms in total. The van der Waals surface area contributed by atoms with Crippen LogP contribution < -0.4 is 0 Å². The van der Waals surface area contributed by atoms with E-state index in [9.17, 15) is 0 Å². The fraction of sp³-hybridized carbons (Fsp3) is 0.529. The molecule has 1 aliphatic rings. The van der Waals surface area contributed by atoms with Crippen LogP contribution in [0.5, 0.6) is 0 Å². The van der Waals surface area contributed by atoms with Crippen LogP contribution >= 0.6 is 0 Å². The molecule has 0 spiro atoms. The molecule has 1 fully saturated rings. The Bertz CT molecular complexity index is 602. The number of aryl methyl sites for hydroxylation is 2. The van der Waals surface area contributed by atoms with E-state index in [1.165, 1.54) is 44.7 Å². The summed E-state index contributed by atoms with van der Waals surface area (Å²) in [5.74, 6) is 1.29. The predicted octanol–water partition coefficient (Wildman–Crippen LogP) is 2.23. The standard InChI is InChI=1S/C17H24N4O/c1-14-18-17(22-19-14)16-7-3-5-15(13-16)6-4-8-21-11-9-20(2)10-12-21/h3,5,7,13H,4,6,8-12H2,1-2H3. The molecule has 0 radical (unpaired) electrons. The number of hydrogen-bond acceptors (Lipinski definition) is 5. The Morgan fingerprint density at radius 3 is 2.73 bits per heavy atom. The molecule has 118 valence electrons. The largest absolute Gasteiger partial charge is 0.334 e. The van der Waals surface area contributed by atoms with Crippen LogP contribution in [0.1, 0.15) is 17.8 Å². The zero-order valence-electron chi connectivity index (χ0n) is 13.5. The second kappa shape index (κ2) is 7.03. The normalized spacial score (nSPS) is 17.0. The van der Waals surface area contributed by atoms with Crippen LogP contribution in [0.2, 0.25) is 0 Å². The summed E-state index contributed by atoms with van der Waals surface area (Å²) < 4.78 is 5.24. The first-order chi connectivity index (χ1) is 10.7. The van der Waals surface area contributed by atoms with Crippen molar-refractivity contribution in [1.82, 2.24) is 19.9 Å². The van der Waals surface area contributed by atoms with Crippen LogP contribution in [0.15, 0.2) is 28.8 Å². The Hall–Kier alpha value is -1.72. The van der Waals surface area contributed by atoms with E-state index in [0.717, 1.165) is 12.0 Å². The number of hydrogen-bond donors (Lipinski definition) is 0. The van der Waals surface area contributed by atoms with Crippen molar-refractivity contribution in [2.24, 2.45) is 0 Å². The molecule has 22 heavy (non-hydrogen) atoms. The van der Waals surface area contributed by atoms with Gasteiger partial charge in [0.25, 0.3) is 5.89 Å². The minimum atomic E-state index is 0.610. The van der Waals surface area contributed by atoms with Crippen molar-refractivity contribution in [2.45, 2.75) is 19.8 Å². The molecule has 0 N–H and O–H groups in total. The molecule has 0 amide bonds. The molecule has 0 unspecified atom stereocenters. The lowest BCUT2D eigenvalue weighted by atomic mass is 10.1. The maximum Gasteiger partial charge on any atom is 0.257 e. The first-order valence-electron chi connectivity index (χ1n) is 8.01. The van der Waals surface area contributed by atoms with Crippen molar-refractivity contribution in [2.75, 3.05) is 39.8 Å². The van der Waals surface area contributed by atoms with Crippen LogP contribution in [0.4, 0.5) is 0 Å². The second-order valence-corrected chi connectivity index (χ2v) is 6.10. The minimum absolute atomic E-state index is 0.610. The van der Waals surface area contributed by atoms with E-state index < -0.39 is 0 Å². The van der Waals surface area contributed by atoms with E-state index in [1.54, 1.807) is 0 Å². The average molecular weight is 300 g/mol. The third-order valence-electron chi connectivity index (χ3n) is 4.24. The third-order valence-corrected chi connectivity index (χ3v) is 4.24. The molecule has 0 bridgehead atoms. The molecule has 0 aliphatic carbocycles. The molecule has 0 saturated carbocycles. The van der Waals surface area contributed by atoms with Crippen molar-refractivity contribution in [1.29, 1.82) is 0 Å². The van der Waals surface area contributed by atoms with Crippen LogP contribution in [0.3, 0.4) is 0 Å². The highest BCUT2D eigenvalue weighted by Crippen LogP contribution is 2.19. The Balaban J connectivity index is 1.52. The highest BCUT2D eigenvalue weighted by Gasteiger charge is 2.13. The summed E-state index contributed by atoms with van der Waals surface area (Å²) in [6.45, 7) is 7.78. The summed E-state index contributed by atoms with van der Waals surface area (Å²) in [7, 11) is 2.20. The van der Waals surface area contributed by atoms with Crippen molar-refractivity contribution in [3.63, 3.8) is 0 Å². The van der Waals surface area contributed by atoms with Gasteiger partial charge in [-0.2, -0.15) is 4.98 Å². The zero-order valence-corrected chi connectivity index (χ0v) is 13.5. The van der Waals surface area contributed by atoms with Gasteiger partial charge in [-0.1, -0.05) is 17.3 Å². The fourth-order valence-corrected chi connectivity index (χ4v) is 2.85. The van der Waals surface area contributed by atoms with Gasteiger partial charge < -0.3 is 14.3 Å². The van der Waals surface area contributed by atoms with E-state index in [0.29, 0.717) is 11.7 Å². The van der Waals surface area contributed by atoms with Crippen LogP contribution in [-0.2, 0) is 6.42 Å². The van der Waals surface area contributed by atoms with Gasteiger partial charge in [0.05, 0.1) is 0 Å². The number of benzene rings is 1. The van der Waals surface area contributed by atoms with Gasteiger partial charge in [0.2, 0.25) is 0 Å². The highest BCUT2D eigenvalue weighted by molar-refractivity contribution is 5.53.